The fourth-order valence-electron chi connectivity index (χ4n) is 6.02. The normalized spacial score (nSPS) is 25.1. The van der Waals surface area contributed by atoms with Crippen LogP contribution in [0.2, 0.25) is 0 Å². The third-order valence-corrected chi connectivity index (χ3v) is 9.28. The van der Waals surface area contributed by atoms with Crippen molar-refractivity contribution in [1.82, 2.24) is 20.9 Å². The lowest BCUT2D eigenvalue weighted by Crippen LogP contribution is -2.62. The first kappa shape index (κ1) is 27.3. The molecule has 0 aliphatic carbocycles. The number of nitrogens with zero attached hydrogens (tertiary/aromatic N) is 2. The molecule has 4 amide bonds. The van der Waals surface area contributed by atoms with Gasteiger partial charge in [-0.15, -0.1) is 0 Å². The zero-order valence-corrected chi connectivity index (χ0v) is 23.1. The minimum absolute atomic E-state index is 0.0954. The quantitative estimate of drug-likeness (QED) is 0.449. The molecule has 0 aromatic heterocycles. The number of para-hydroxylation sites is 1. The zero-order valence-electron chi connectivity index (χ0n) is 22.3. The van der Waals surface area contributed by atoms with Crippen molar-refractivity contribution in [3.63, 3.8) is 0 Å². The monoisotopic (exact) mass is 581 g/mol. The van der Waals surface area contributed by atoms with Gasteiger partial charge in [-0.25, -0.2) is 13.6 Å². The summed E-state index contributed by atoms with van der Waals surface area (Å²) in [6.07, 6.45) is 2.59. The molecule has 214 valence electrons. The second-order valence-corrected chi connectivity index (χ2v) is 11.6. The van der Waals surface area contributed by atoms with Gasteiger partial charge in [-0.1, -0.05) is 24.4 Å². The predicted octanol–water partition coefficient (Wildman–Crippen LogP) is 3.76. The van der Waals surface area contributed by atoms with E-state index in [0.29, 0.717) is 54.3 Å². The molecule has 3 N–H and O–H groups in total. The van der Waals surface area contributed by atoms with E-state index >= 15 is 0 Å². The van der Waals surface area contributed by atoms with Crippen molar-refractivity contribution in [1.29, 1.82) is 0 Å². The number of ether oxygens (including phenoxy) is 1. The molecule has 4 aliphatic heterocycles. The molecule has 3 fully saturated rings. The molecule has 0 saturated carbocycles. The highest BCUT2D eigenvalue weighted by atomic mass is 32.2. The smallest absolute Gasteiger partial charge is 0.326 e. The average Bonchev–Trinajstić information content (AvgIpc) is 3.57. The van der Waals surface area contributed by atoms with Crippen molar-refractivity contribution >= 4 is 35.3 Å². The fraction of sp³-hybridized carbons (Fsp3) is 0.345. The van der Waals surface area contributed by atoms with Crippen molar-refractivity contribution in [2.75, 3.05) is 24.5 Å². The molecule has 3 saturated heterocycles. The number of anilines is 1. The lowest BCUT2D eigenvalue weighted by atomic mass is 9.86. The number of carbonyl (C=O) groups excluding carboxylic acids is 3. The van der Waals surface area contributed by atoms with Crippen molar-refractivity contribution in [3.05, 3.63) is 76.9 Å². The molecule has 4 heterocycles. The first-order chi connectivity index (χ1) is 19.7. The van der Waals surface area contributed by atoms with E-state index in [2.05, 4.69) is 22.5 Å². The second kappa shape index (κ2) is 10.8. The Morgan fingerprint density at radius 1 is 1.20 bits per heavy atom. The Kier molecular flexibility index (Phi) is 7.20. The number of benzene rings is 2. The van der Waals surface area contributed by atoms with Crippen molar-refractivity contribution < 1.29 is 27.9 Å². The lowest BCUT2D eigenvalue weighted by Gasteiger charge is -2.46. The van der Waals surface area contributed by atoms with E-state index in [1.807, 2.05) is 0 Å². The molecule has 6 rings (SSSR count). The Bertz CT molecular complexity index is 1460. The SMILES string of the molecule is C=CC(=O)N1CC[C@@H](NC(=O)C2=C3NC(=O)N(c4ccc(Oc5c(F)cccc5F)cc4C)C4CCNC(S2)C34)C1. The number of amides is 4. The Hall–Kier alpha value is -3.90. The van der Waals surface area contributed by atoms with Crippen LogP contribution in [0.5, 0.6) is 11.5 Å². The van der Waals surface area contributed by atoms with Crippen molar-refractivity contribution in [2.45, 2.75) is 37.2 Å². The minimum Gasteiger partial charge on any atom is -0.451 e. The van der Waals surface area contributed by atoms with Gasteiger partial charge in [0.2, 0.25) is 5.91 Å². The van der Waals surface area contributed by atoms with E-state index in [1.54, 1.807) is 34.9 Å². The minimum atomic E-state index is -0.809. The number of halogens is 2. The van der Waals surface area contributed by atoms with Crippen LogP contribution in [0.15, 0.2) is 59.7 Å². The van der Waals surface area contributed by atoms with Gasteiger partial charge < -0.3 is 25.6 Å². The number of thioether (sulfide) groups is 1. The number of likely N-dealkylation sites (tertiary alicyclic amines) is 1. The predicted molar refractivity (Wildman–Crippen MR) is 150 cm³/mol. The molecule has 41 heavy (non-hydrogen) atoms. The summed E-state index contributed by atoms with van der Waals surface area (Å²) in [4.78, 5) is 42.7. The number of rotatable bonds is 6. The van der Waals surface area contributed by atoms with E-state index < -0.39 is 17.4 Å². The largest absolute Gasteiger partial charge is 0.451 e. The maximum Gasteiger partial charge on any atom is 0.326 e. The average molecular weight is 582 g/mol. The first-order valence-electron chi connectivity index (χ1n) is 13.4. The number of piperidine rings is 1. The summed E-state index contributed by atoms with van der Waals surface area (Å²) in [6.45, 7) is 6.96. The van der Waals surface area contributed by atoms with Crippen LogP contribution in [0, 0.1) is 24.5 Å². The lowest BCUT2D eigenvalue weighted by molar-refractivity contribution is -0.125. The summed E-state index contributed by atoms with van der Waals surface area (Å²) in [5.74, 6) is -2.43. The van der Waals surface area contributed by atoms with E-state index in [0.717, 1.165) is 12.1 Å². The van der Waals surface area contributed by atoms with Gasteiger partial charge in [-0.05, 0) is 68.3 Å². The maximum absolute atomic E-state index is 14.1. The topological polar surface area (TPSA) is 103 Å². The van der Waals surface area contributed by atoms with Crippen LogP contribution in [0.1, 0.15) is 18.4 Å². The van der Waals surface area contributed by atoms with Crippen LogP contribution in [0.4, 0.5) is 19.3 Å². The first-order valence-corrected chi connectivity index (χ1v) is 14.3. The summed E-state index contributed by atoms with van der Waals surface area (Å²) >= 11 is 1.41. The van der Waals surface area contributed by atoms with Crippen LogP contribution >= 0.6 is 11.8 Å². The van der Waals surface area contributed by atoms with Gasteiger partial charge in [-0.2, -0.15) is 0 Å². The molecule has 0 spiro atoms. The highest BCUT2D eigenvalue weighted by molar-refractivity contribution is 8.04. The molecule has 4 aliphatic rings. The molecule has 2 aromatic rings. The molecule has 0 bridgehead atoms. The molecule has 3 unspecified atom stereocenters. The number of hydrogen-bond donors (Lipinski definition) is 3. The number of urea groups is 1. The van der Waals surface area contributed by atoms with E-state index in [4.69, 9.17) is 4.74 Å². The third kappa shape index (κ3) is 4.95. The molecule has 4 atom stereocenters. The van der Waals surface area contributed by atoms with Crippen LogP contribution in [0.25, 0.3) is 0 Å². The van der Waals surface area contributed by atoms with Gasteiger partial charge >= 0.3 is 6.03 Å². The number of carbonyl (C=O) groups is 3. The summed E-state index contributed by atoms with van der Waals surface area (Å²) in [5.41, 5.74) is 1.95. The van der Waals surface area contributed by atoms with Gasteiger partial charge in [0.15, 0.2) is 17.4 Å². The van der Waals surface area contributed by atoms with Gasteiger partial charge in [-0.3, -0.25) is 14.5 Å². The molecule has 0 radical (unpaired) electrons. The molecular weight excluding hydrogens is 552 g/mol. The molecule has 2 aromatic carbocycles. The van der Waals surface area contributed by atoms with E-state index in [1.165, 1.54) is 23.9 Å². The summed E-state index contributed by atoms with van der Waals surface area (Å²) in [7, 11) is 0. The third-order valence-electron chi connectivity index (χ3n) is 7.92. The van der Waals surface area contributed by atoms with Gasteiger partial charge in [0.05, 0.1) is 16.3 Å². The van der Waals surface area contributed by atoms with Crippen LogP contribution < -0.4 is 25.6 Å². The standard InChI is InChI=1S/C29H29F2N5O4S/c1-3-22(37)35-12-10-16(14-35)33-27(38)26-24-23-21(9-11-32-28(23)41-26)36(29(39)34-24)20-8-7-17(13-15(20)2)40-25-18(30)5-4-6-19(25)31/h3-8,13,16,21,23,28,32H,1,9-12,14H2,2H3,(H,33,38)(H,34,39)/t16-,21?,23?,28?/m1/s1. The highest BCUT2D eigenvalue weighted by Crippen LogP contribution is 2.48. The molecular formula is C29H29F2N5O4S. The van der Waals surface area contributed by atoms with Crippen molar-refractivity contribution in [2.24, 2.45) is 5.92 Å². The van der Waals surface area contributed by atoms with Gasteiger partial charge in [0, 0.05) is 36.4 Å². The van der Waals surface area contributed by atoms with Gasteiger partial charge in [0.25, 0.3) is 5.91 Å². The summed E-state index contributed by atoms with van der Waals surface area (Å²) in [6, 6.07) is 7.70. The van der Waals surface area contributed by atoms with Crippen LogP contribution in [-0.4, -0.2) is 59.8 Å². The molecule has 9 nitrogen and oxygen atoms in total. The van der Waals surface area contributed by atoms with Crippen molar-refractivity contribution in [3.8, 4) is 11.5 Å². The fourth-order valence-corrected chi connectivity index (χ4v) is 7.42. The Balaban J connectivity index is 1.22. The Morgan fingerprint density at radius 2 is 1.98 bits per heavy atom. The van der Waals surface area contributed by atoms with Crippen LogP contribution in [-0.2, 0) is 9.59 Å². The highest BCUT2D eigenvalue weighted by Gasteiger charge is 2.52. The zero-order chi connectivity index (χ0) is 28.8. The van der Waals surface area contributed by atoms with E-state index in [9.17, 15) is 23.2 Å². The Morgan fingerprint density at radius 3 is 2.71 bits per heavy atom. The number of hydrogen-bond acceptors (Lipinski definition) is 6. The van der Waals surface area contributed by atoms with E-state index in [-0.39, 0.29) is 47.0 Å². The molecule has 12 heteroatoms. The van der Waals surface area contributed by atoms with Crippen LogP contribution in [0.3, 0.4) is 0 Å². The van der Waals surface area contributed by atoms with Gasteiger partial charge in [0.1, 0.15) is 5.75 Å². The number of nitrogens with one attached hydrogen (secondary N) is 3. The second-order valence-electron chi connectivity index (χ2n) is 10.5. The maximum atomic E-state index is 14.1. The summed E-state index contributed by atoms with van der Waals surface area (Å²) in [5, 5.41) is 9.40. The summed E-state index contributed by atoms with van der Waals surface area (Å²) < 4.78 is 33.7. The Labute approximate surface area is 240 Å². The number of aryl methyl sites for hydroxylation is 1.